The van der Waals surface area contributed by atoms with Crippen molar-refractivity contribution < 1.29 is 33.4 Å². The third-order valence-corrected chi connectivity index (χ3v) is 10.1. The quantitative estimate of drug-likeness (QED) is 0.315. The predicted octanol–water partition coefficient (Wildman–Crippen LogP) is 4.28. The van der Waals surface area contributed by atoms with E-state index in [4.69, 9.17) is 14.5 Å². The summed E-state index contributed by atoms with van der Waals surface area (Å²) >= 11 is 0. The van der Waals surface area contributed by atoms with Crippen molar-refractivity contribution in [2.75, 3.05) is 13.1 Å². The average molecular weight is 647 g/mol. The summed E-state index contributed by atoms with van der Waals surface area (Å²) in [6.45, 7) is 9.47. The minimum atomic E-state index is -1.98. The van der Waals surface area contributed by atoms with Crippen LogP contribution in [-0.4, -0.2) is 56.2 Å². The fraction of sp³-hybridized carbons (Fsp3) is 0.514. The van der Waals surface area contributed by atoms with Crippen molar-refractivity contribution in [2.45, 2.75) is 97.1 Å². The highest BCUT2D eigenvalue weighted by Crippen LogP contribution is 2.46. The molecule has 0 saturated carbocycles. The molecule has 2 amide bonds. The molecule has 1 saturated heterocycles. The van der Waals surface area contributed by atoms with Crippen molar-refractivity contribution in [1.29, 1.82) is 0 Å². The Morgan fingerprint density at radius 1 is 1.19 bits per heavy atom. The number of nitrogens with one attached hydrogen (secondary N) is 1. The Labute approximate surface area is 271 Å². The largest absolute Gasteiger partial charge is 0.458 e. The summed E-state index contributed by atoms with van der Waals surface area (Å²) in [5.41, 5.74) is 1.55. The van der Waals surface area contributed by atoms with Gasteiger partial charge in [-0.15, -0.1) is 0 Å². The molecular weight excluding hydrogens is 607 g/mol. The van der Waals surface area contributed by atoms with Gasteiger partial charge >= 0.3 is 12.1 Å². The number of piperidine rings is 1. The van der Waals surface area contributed by atoms with E-state index >= 15 is 4.39 Å². The lowest BCUT2D eigenvalue weighted by Crippen LogP contribution is -2.47. The summed E-state index contributed by atoms with van der Waals surface area (Å²) in [5, 5.41) is 15.3. The minimum absolute atomic E-state index is 0.0134. The maximum atomic E-state index is 15.2. The number of carbonyl (C=O) groups excluding carboxylic acids is 3. The number of esters is 1. The van der Waals surface area contributed by atoms with Gasteiger partial charge in [-0.2, -0.15) is 0 Å². The first-order chi connectivity index (χ1) is 22.2. The number of halogens is 1. The molecule has 2 N–H and O–H groups in total. The highest BCUT2D eigenvalue weighted by atomic mass is 19.1. The molecule has 1 fully saturated rings. The number of nitrogens with zero attached hydrogens (tertiary/aromatic N) is 3. The van der Waals surface area contributed by atoms with Gasteiger partial charge in [-0.25, -0.2) is 19.0 Å². The third kappa shape index (κ3) is 4.90. The standard InChI is InChI=1S/C35H39FN4O7/c1-6-35(45)22-12-26-29-20(15-40(26)31(42)21(22)16-46-32(35)43)28-24(10-9-19-17(2)23(36)13-25(37-29)27(19)28)38-30(41)18-8-7-11-39(14-18)33(44)47-34(3,4)5/h12-13,18,24,45H,6-11,14-16H2,1-5H3,(H,38,41)/t18-,24+,35+/m1/s1. The number of carbonyl (C=O) groups is 3. The molecule has 0 spiro atoms. The second-order valence-corrected chi connectivity index (χ2v) is 14.2. The van der Waals surface area contributed by atoms with E-state index in [1.54, 1.807) is 50.2 Å². The molecule has 1 aromatic carbocycles. The van der Waals surface area contributed by atoms with Crippen molar-refractivity contribution in [2.24, 2.45) is 5.92 Å². The highest BCUT2D eigenvalue weighted by Gasteiger charge is 2.46. The normalized spacial score (nSPS) is 23.1. The van der Waals surface area contributed by atoms with Crippen molar-refractivity contribution in [1.82, 2.24) is 19.8 Å². The molecule has 1 aliphatic carbocycles. The first-order valence-corrected chi connectivity index (χ1v) is 16.3. The molecule has 47 heavy (non-hydrogen) atoms. The molecule has 0 unspecified atom stereocenters. The second kappa shape index (κ2) is 10.9. The van der Waals surface area contributed by atoms with E-state index in [1.165, 1.54) is 6.07 Å². The molecule has 0 bridgehead atoms. The summed E-state index contributed by atoms with van der Waals surface area (Å²) < 4.78 is 27.6. The van der Waals surface area contributed by atoms with E-state index in [0.717, 1.165) is 22.1 Å². The average Bonchev–Trinajstić information content (AvgIpc) is 3.40. The van der Waals surface area contributed by atoms with Gasteiger partial charge in [0.05, 0.1) is 41.0 Å². The maximum absolute atomic E-state index is 15.2. The molecule has 5 heterocycles. The monoisotopic (exact) mass is 646 g/mol. The lowest BCUT2D eigenvalue weighted by molar-refractivity contribution is -0.172. The molecule has 4 aliphatic rings. The zero-order valence-electron chi connectivity index (χ0n) is 27.3. The van der Waals surface area contributed by atoms with Gasteiger partial charge < -0.3 is 29.4 Å². The van der Waals surface area contributed by atoms with Gasteiger partial charge in [0.2, 0.25) is 5.91 Å². The fourth-order valence-electron chi connectivity index (χ4n) is 7.67. The van der Waals surface area contributed by atoms with Crippen molar-refractivity contribution in [3.8, 4) is 11.4 Å². The van der Waals surface area contributed by atoms with E-state index in [-0.39, 0.29) is 49.0 Å². The number of amides is 2. The first-order valence-electron chi connectivity index (χ1n) is 16.3. The molecule has 0 radical (unpaired) electrons. The number of aromatic nitrogens is 2. The van der Waals surface area contributed by atoms with E-state index in [9.17, 15) is 24.3 Å². The minimum Gasteiger partial charge on any atom is -0.458 e. The molecule has 11 nitrogen and oxygen atoms in total. The van der Waals surface area contributed by atoms with Crippen LogP contribution in [0, 0.1) is 18.7 Å². The number of aryl methyl sites for hydroxylation is 1. The van der Waals surface area contributed by atoms with Crippen LogP contribution in [0.1, 0.15) is 92.8 Å². The second-order valence-electron chi connectivity index (χ2n) is 14.2. The van der Waals surface area contributed by atoms with Crippen LogP contribution >= 0.6 is 0 Å². The van der Waals surface area contributed by atoms with Gasteiger partial charge in [-0.05, 0) is 82.6 Å². The van der Waals surface area contributed by atoms with E-state index in [2.05, 4.69) is 5.32 Å². The third-order valence-electron chi connectivity index (χ3n) is 10.1. The van der Waals surface area contributed by atoms with Crippen molar-refractivity contribution in [3.05, 3.63) is 61.7 Å². The number of aliphatic hydroxyl groups is 1. The highest BCUT2D eigenvalue weighted by molar-refractivity contribution is 5.94. The smallest absolute Gasteiger partial charge is 0.410 e. The predicted molar refractivity (Wildman–Crippen MR) is 169 cm³/mol. The molecule has 2 aromatic heterocycles. The van der Waals surface area contributed by atoms with Crippen LogP contribution in [0.5, 0.6) is 0 Å². The Hall–Kier alpha value is -4.32. The molecule has 7 rings (SSSR count). The van der Waals surface area contributed by atoms with Crippen LogP contribution in [0.2, 0.25) is 0 Å². The van der Waals surface area contributed by atoms with Gasteiger partial charge in [-0.1, -0.05) is 6.92 Å². The molecule has 3 aliphatic heterocycles. The number of fused-ring (bicyclic) bond motifs is 5. The number of benzene rings is 1. The van der Waals surface area contributed by atoms with E-state index in [1.807, 2.05) is 0 Å². The molecule has 3 atom stereocenters. The van der Waals surface area contributed by atoms with Crippen molar-refractivity contribution >= 4 is 28.9 Å². The van der Waals surface area contributed by atoms with Gasteiger partial charge in [0.1, 0.15) is 18.0 Å². The Morgan fingerprint density at radius 2 is 1.96 bits per heavy atom. The summed E-state index contributed by atoms with van der Waals surface area (Å²) in [7, 11) is 0. The Balaban J connectivity index is 1.30. The van der Waals surface area contributed by atoms with Crippen LogP contribution in [0.15, 0.2) is 16.9 Å². The SMILES string of the molecule is CC[C@@]1(O)C(=O)OCc2c1cc1n(c2=O)Cc2c-1nc1cc(F)c(C)c3c1c2[C@@H](NC(=O)[C@@H]1CCCN(C(=O)OC(C)(C)C)C1)CC3. The van der Waals surface area contributed by atoms with Gasteiger partial charge in [0.25, 0.3) is 5.56 Å². The molecule has 3 aromatic rings. The first kappa shape index (κ1) is 31.3. The summed E-state index contributed by atoms with van der Waals surface area (Å²) in [6.07, 6.45) is 1.89. The number of rotatable bonds is 3. The zero-order valence-corrected chi connectivity index (χ0v) is 27.3. The number of hydrogen-bond acceptors (Lipinski definition) is 8. The number of ether oxygens (including phenoxy) is 2. The summed E-state index contributed by atoms with van der Waals surface area (Å²) in [6, 6.07) is 2.57. The van der Waals surface area contributed by atoms with Gasteiger partial charge in [0.15, 0.2) is 5.60 Å². The van der Waals surface area contributed by atoms with Crippen LogP contribution in [0.3, 0.4) is 0 Å². The Bertz CT molecular complexity index is 1950. The number of cyclic esters (lactones) is 1. The van der Waals surface area contributed by atoms with Crippen molar-refractivity contribution in [3.63, 3.8) is 0 Å². The molecule has 248 valence electrons. The fourth-order valence-corrected chi connectivity index (χ4v) is 7.67. The van der Waals surface area contributed by atoms with Crippen LogP contribution in [-0.2, 0) is 44.2 Å². The lowest BCUT2D eigenvalue weighted by atomic mass is 9.81. The number of hydrogen-bond donors (Lipinski definition) is 2. The topological polar surface area (TPSA) is 140 Å². The van der Waals surface area contributed by atoms with Crippen LogP contribution in [0.25, 0.3) is 22.3 Å². The molecular formula is C35H39FN4O7. The summed E-state index contributed by atoms with van der Waals surface area (Å²) in [5.74, 6) is -1.82. The lowest BCUT2D eigenvalue weighted by Gasteiger charge is -2.35. The summed E-state index contributed by atoms with van der Waals surface area (Å²) in [4.78, 5) is 59.6. The van der Waals surface area contributed by atoms with E-state index in [0.29, 0.717) is 54.7 Å². The number of pyridine rings is 2. The van der Waals surface area contributed by atoms with Gasteiger partial charge in [0, 0.05) is 35.7 Å². The maximum Gasteiger partial charge on any atom is 0.410 e. The molecule has 12 heteroatoms. The number of likely N-dealkylation sites (tertiary alicyclic amines) is 1. The van der Waals surface area contributed by atoms with E-state index < -0.39 is 40.8 Å². The Kier molecular flexibility index (Phi) is 7.23. The zero-order chi connectivity index (χ0) is 33.6. The Morgan fingerprint density at radius 3 is 2.68 bits per heavy atom. The van der Waals surface area contributed by atoms with Crippen LogP contribution < -0.4 is 10.9 Å². The van der Waals surface area contributed by atoms with Gasteiger partial charge in [-0.3, -0.25) is 9.59 Å². The van der Waals surface area contributed by atoms with Crippen LogP contribution in [0.4, 0.5) is 9.18 Å².